The number of nitrogens with one attached hydrogen (secondary N) is 1. The molecule has 0 fully saturated rings. The van der Waals surface area contributed by atoms with Gasteiger partial charge in [0.25, 0.3) is 0 Å². The molecule has 0 amide bonds. The van der Waals surface area contributed by atoms with Crippen LogP contribution in [0.15, 0.2) is 78.9 Å². The predicted molar refractivity (Wildman–Crippen MR) is 101 cm³/mol. The second-order valence-electron chi connectivity index (χ2n) is 6.20. The Hall–Kier alpha value is -3.53. The van der Waals surface area contributed by atoms with Gasteiger partial charge in [0.05, 0.1) is 0 Å². The minimum absolute atomic E-state index is 0.106. The first-order valence-electron chi connectivity index (χ1n) is 8.33. The Morgan fingerprint density at radius 1 is 0.846 bits per heavy atom. The first-order chi connectivity index (χ1) is 12.6. The van der Waals surface area contributed by atoms with Crippen LogP contribution in [0.2, 0.25) is 0 Å². The zero-order valence-electron chi connectivity index (χ0n) is 13.9. The lowest BCUT2D eigenvalue weighted by Crippen LogP contribution is -2.09. The molecule has 0 saturated carbocycles. The standard InChI is InChI=1S/C22H17NO3/c24-16-11-12-18-17(13-16)20(21(23-18)22(25)26)19(14-7-3-1-4-8-14)15-9-5-2-6-10-15/h1-13,19,23-24H,(H,25,26). The number of carboxylic acids is 1. The Labute approximate surface area is 150 Å². The molecule has 0 spiro atoms. The highest BCUT2D eigenvalue weighted by Crippen LogP contribution is 2.39. The van der Waals surface area contributed by atoms with Crippen molar-refractivity contribution in [2.24, 2.45) is 0 Å². The van der Waals surface area contributed by atoms with Gasteiger partial charge in [0.15, 0.2) is 0 Å². The quantitative estimate of drug-likeness (QED) is 0.500. The zero-order chi connectivity index (χ0) is 18.1. The largest absolute Gasteiger partial charge is 0.508 e. The van der Waals surface area contributed by atoms with Gasteiger partial charge < -0.3 is 15.2 Å². The van der Waals surface area contributed by atoms with Crippen LogP contribution >= 0.6 is 0 Å². The van der Waals surface area contributed by atoms with Crippen molar-refractivity contribution in [3.63, 3.8) is 0 Å². The first-order valence-corrected chi connectivity index (χ1v) is 8.33. The Morgan fingerprint density at radius 2 is 1.42 bits per heavy atom. The normalized spacial score (nSPS) is 11.1. The van der Waals surface area contributed by atoms with E-state index in [1.807, 2.05) is 60.7 Å². The minimum atomic E-state index is -1.02. The Balaban J connectivity index is 2.07. The van der Waals surface area contributed by atoms with Gasteiger partial charge in [0.1, 0.15) is 11.4 Å². The maximum absolute atomic E-state index is 11.9. The molecule has 1 aromatic heterocycles. The number of H-pyrrole nitrogens is 1. The number of hydrogen-bond acceptors (Lipinski definition) is 2. The highest BCUT2D eigenvalue weighted by Gasteiger charge is 2.27. The van der Waals surface area contributed by atoms with E-state index >= 15 is 0 Å². The second-order valence-corrected chi connectivity index (χ2v) is 6.20. The smallest absolute Gasteiger partial charge is 0.352 e. The number of aromatic nitrogens is 1. The van der Waals surface area contributed by atoms with Crippen molar-refractivity contribution >= 4 is 16.9 Å². The Morgan fingerprint density at radius 3 is 1.96 bits per heavy atom. The maximum Gasteiger partial charge on any atom is 0.352 e. The van der Waals surface area contributed by atoms with E-state index in [9.17, 15) is 15.0 Å². The van der Waals surface area contributed by atoms with E-state index in [1.54, 1.807) is 18.2 Å². The molecule has 0 unspecified atom stereocenters. The summed E-state index contributed by atoms with van der Waals surface area (Å²) in [6, 6.07) is 24.5. The Bertz CT molecular complexity index is 1030. The molecule has 0 aliphatic carbocycles. The van der Waals surface area contributed by atoms with Gasteiger partial charge in [-0.15, -0.1) is 0 Å². The van der Waals surface area contributed by atoms with E-state index in [1.165, 1.54) is 0 Å². The van der Waals surface area contributed by atoms with Crippen molar-refractivity contribution in [3.8, 4) is 5.75 Å². The highest BCUT2D eigenvalue weighted by molar-refractivity contribution is 5.99. The van der Waals surface area contributed by atoms with E-state index < -0.39 is 5.97 Å². The third-order valence-corrected chi connectivity index (χ3v) is 4.59. The maximum atomic E-state index is 11.9. The molecule has 1 heterocycles. The van der Waals surface area contributed by atoms with Crippen LogP contribution in [0.4, 0.5) is 0 Å². The average molecular weight is 343 g/mol. The van der Waals surface area contributed by atoms with Gasteiger partial charge in [-0.1, -0.05) is 60.7 Å². The van der Waals surface area contributed by atoms with Gasteiger partial charge in [-0.2, -0.15) is 0 Å². The first kappa shape index (κ1) is 16.0. The Kier molecular flexibility index (Phi) is 3.93. The van der Waals surface area contributed by atoms with Gasteiger partial charge in [0.2, 0.25) is 0 Å². The number of benzene rings is 3. The summed E-state index contributed by atoms with van der Waals surface area (Å²) in [5.41, 5.74) is 3.46. The third kappa shape index (κ3) is 2.71. The molecule has 26 heavy (non-hydrogen) atoms. The van der Waals surface area contributed by atoms with E-state index in [2.05, 4.69) is 4.98 Å². The highest BCUT2D eigenvalue weighted by atomic mass is 16.4. The number of rotatable bonds is 4. The second kappa shape index (κ2) is 6.41. The molecule has 0 aliphatic heterocycles. The van der Waals surface area contributed by atoms with Gasteiger partial charge in [-0.3, -0.25) is 0 Å². The van der Waals surface area contributed by atoms with Crippen molar-refractivity contribution in [2.45, 2.75) is 5.92 Å². The molecule has 3 N–H and O–H groups in total. The summed E-state index contributed by atoms with van der Waals surface area (Å²) in [6.07, 6.45) is 0. The molecule has 4 aromatic rings. The lowest BCUT2D eigenvalue weighted by molar-refractivity contribution is 0.0690. The molecular weight excluding hydrogens is 326 g/mol. The SMILES string of the molecule is O=C(O)c1[nH]c2ccc(O)cc2c1C(c1ccccc1)c1ccccc1. The molecule has 128 valence electrons. The summed E-state index contributed by atoms with van der Waals surface area (Å²) in [4.78, 5) is 14.9. The van der Waals surface area contributed by atoms with Crippen molar-refractivity contribution < 1.29 is 15.0 Å². The molecule has 3 aromatic carbocycles. The number of aromatic hydroxyl groups is 1. The van der Waals surface area contributed by atoms with E-state index in [-0.39, 0.29) is 17.4 Å². The number of phenolic OH excluding ortho intramolecular Hbond substituents is 1. The van der Waals surface area contributed by atoms with Crippen LogP contribution in [0.5, 0.6) is 5.75 Å². The molecule has 0 atom stereocenters. The lowest BCUT2D eigenvalue weighted by Gasteiger charge is -2.19. The molecular formula is C22H17NO3. The third-order valence-electron chi connectivity index (χ3n) is 4.59. The number of carbonyl (C=O) groups is 1. The summed E-state index contributed by atoms with van der Waals surface area (Å²) in [5, 5.41) is 20.5. The number of fused-ring (bicyclic) bond motifs is 1. The summed E-state index contributed by atoms with van der Waals surface area (Å²) in [7, 11) is 0. The summed E-state index contributed by atoms with van der Waals surface area (Å²) < 4.78 is 0. The predicted octanol–water partition coefficient (Wildman–Crippen LogP) is 4.75. The number of aromatic carboxylic acids is 1. The fourth-order valence-electron chi connectivity index (χ4n) is 3.49. The zero-order valence-corrected chi connectivity index (χ0v) is 13.9. The molecule has 0 bridgehead atoms. The van der Waals surface area contributed by atoms with Crippen LogP contribution in [0.3, 0.4) is 0 Å². The van der Waals surface area contributed by atoms with Crippen LogP contribution in [0.25, 0.3) is 10.9 Å². The van der Waals surface area contributed by atoms with Crippen LogP contribution in [0, 0.1) is 0 Å². The monoisotopic (exact) mass is 343 g/mol. The molecule has 4 heteroatoms. The van der Waals surface area contributed by atoms with Crippen molar-refractivity contribution in [1.29, 1.82) is 0 Å². The van der Waals surface area contributed by atoms with Crippen LogP contribution < -0.4 is 0 Å². The van der Waals surface area contributed by atoms with Crippen molar-refractivity contribution in [1.82, 2.24) is 4.98 Å². The fourth-order valence-corrected chi connectivity index (χ4v) is 3.49. The number of carboxylic acid groups (broad SMARTS) is 1. The lowest BCUT2D eigenvalue weighted by atomic mass is 9.83. The van der Waals surface area contributed by atoms with Gasteiger partial charge in [-0.05, 0) is 29.3 Å². The van der Waals surface area contributed by atoms with E-state index in [4.69, 9.17) is 0 Å². The van der Waals surface area contributed by atoms with Crippen LogP contribution in [0.1, 0.15) is 33.1 Å². The van der Waals surface area contributed by atoms with Crippen LogP contribution in [-0.4, -0.2) is 21.2 Å². The number of hydrogen-bond donors (Lipinski definition) is 3. The summed E-state index contributed by atoms with van der Waals surface area (Å²) in [6.45, 7) is 0. The van der Waals surface area contributed by atoms with Crippen molar-refractivity contribution in [2.75, 3.05) is 0 Å². The summed E-state index contributed by atoms with van der Waals surface area (Å²) in [5.74, 6) is -1.18. The molecule has 0 radical (unpaired) electrons. The average Bonchev–Trinajstić information content (AvgIpc) is 3.03. The van der Waals surface area contributed by atoms with Crippen LogP contribution in [-0.2, 0) is 0 Å². The van der Waals surface area contributed by atoms with E-state index in [0.717, 1.165) is 11.1 Å². The van der Waals surface area contributed by atoms with Crippen molar-refractivity contribution in [3.05, 3.63) is 101 Å². The fraction of sp³-hybridized carbons (Fsp3) is 0.0455. The molecule has 4 nitrogen and oxygen atoms in total. The molecule has 0 saturated heterocycles. The van der Waals surface area contributed by atoms with E-state index in [0.29, 0.717) is 16.5 Å². The van der Waals surface area contributed by atoms with Gasteiger partial charge in [-0.25, -0.2) is 4.79 Å². The molecule has 4 rings (SSSR count). The number of phenols is 1. The summed E-state index contributed by atoms with van der Waals surface area (Å²) >= 11 is 0. The molecule has 0 aliphatic rings. The number of aromatic amines is 1. The minimum Gasteiger partial charge on any atom is -0.508 e. The van der Waals surface area contributed by atoms with Gasteiger partial charge >= 0.3 is 5.97 Å². The topological polar surface area (TPSA) is 73.3 Å². The van der Waals surface area contributed by atoms with Gasteiger partial charge in [0, 0.05) is 22.4 Å².